The maximum absolute atomic E-state index is 14.5. The molecule has 148 valence electrons. The van der Waals surface area contributed by atoms with E-state index in [4.69, 9.17) is 0 Å². The van der Waals surface area contributed by atoms with Crippen LogP contribution in [0.2, 0.25) is 0 Å². The molecule has 0 aliphatic heterocycles. The zero-order chi connectivity index (χ0) is 20.3. The molecule has 0 aliphatic rings. The number of pyridine rings is 1. The fourth-order valence-corrected chi connectivity index (χ4v) is 3.33. The van der Waals surface area contributed by atoms with Crippen molar-refractivity contribution >= 4 is 17.4 Å². The van der Waals surface area contributed by atoms with Crippen molar-refractivity contribution in [3.8, 4) is 11.3 Å². The standard InChI is InChI=1S/C22H25F2N3O/c1-4-6-8-15(5-2)22(28)26-21-20(16-9-7-10-17(23)19(16)24)25-18-13-14(3)11-12-27(18)21/h7,9-13,15H,4-6,8H2,1-3H3,(H,26,28). The number of hydrogen-bond donors (Lipinski definition) is 1. The molecule has 0 fully saturated rings. The summed E-state index contributed by atoms with van der Waals surface area (Å²) in [6.45, 7) is 5.99. The minimum Gasteiger partial charge on any atom is -0.310 e. The van der Waals surface area contributed by atoms with Crippen molar-refractivity contribution in [2.75, 3.05) is 5.32 Å². The Labute approximate surface area is 163 Å². The van der Waals surface area contributed by atoms with E-state index in [9.17, 15) is 13.6 Å². The molecule has 0 spiro atoms. The lowest BCUT2D eigenvalue weighted by Crippen LogP contribution is -2.23. The van der Waals surface area contributed by atoms with Gasteiger partial charge in [0.05, 0.1) is 0 Å². The van der Waals surface area contributed by atoms with E-state index in [1.807, 2.05) is 26.0 Å². The topological polar surface area (TPSA) is 46.4 Å². The largest absolute Gasteiger partial charge is 0.310 e. The van der Waals surface area contributed by atoms with E-state index < -0.39 is 11.6 Å². The molecule has 3 aromatic rings. The summed E-state index contributed by atoms with van der Waals surface area (Å²) in [5.74, 6) is -1.83. The number of hydrogen-bond acceptors (Lipinski definition) is 2. The second-order valence-electron chi connectivity index (χ2n) is 7.08. The van der Waals surface area contributed by atoms with E-state index in [2.05, 4.69) is 17.2 Å². The van der Waals surface area contributed by atoms with Crippen LogP contribution in [-0.4, -0.2) is 15.3 Å². The first-order chi connectivity index (χ1) is 13.5. The van der Waals surface area contributed by atoms with Crippen LogP contribution in [0.1, 0.15) is 45.1 Å². The Hall–Kier alpha value is -2.76. The van der Waals surface area contributed by atoms with E-state index in [1.165, 1.54) is 12.1 Å². The van der Waals surface area contributed by atoms with E-state index in [1.54, 1.807) is 10.6 Å². The fraction of sp³-hybridized carbons (Fsp3) is 0.364. The van der Waals surface area contributed by atoms with Gasteiger partial charge in [-0.2, -0.15) is 0 Å². The SMILES string of the molecule is CCCCC(CC)C(=O)Nc1c(-c2cccc(F)c2F)nc2cc(C)ccn12. The third-order valence-corrected chi connectivity index (χ3v) is 5.00. The van der Waals surface area contributed by atoms with Gasteiger partial charge in [-0.3, -0.25) is 9.20 Å². The van der Waals surface area contributed by atoms with Crippen LogP contribution in [0.3, 0.4) is 0 Å². The number of benzene rings is 1. The average molecular weight is 385 g/mol. The molecule has 1 N–H and O–H groups in total. The molecule has 4 nitrogen and oxygen atoms in total. The Morgan fingerprint density at radius 2 is 2.04 bits per heavy atom. The predicted octanol–water partition coefficient (Wildman–Crippen LogP) is 5.74. The second kappa shape index (κ2) is 8.50. The maximum atomic E-state index is 14.5. The zero-order valence-corrected chi connectivity index (χ0v) is 16.4. The third-order valence-electron chi connectivity index (χ3n) is 5.00. The molecule has 3 rings (SSSR count). The number of fused-ring (bicyclic) bond motifs is 1. The molecule has 0 saturated heterocycles. The second-order valence-corrected chi connectivity index (χ2v) is 7.08. The van der Waals surface area contributed by atoms with Crippen molar-refractivity contribution in [3.05, 3.63) is 53.7 Å². The molecule has 0 saturated carbocycles. The molecular formula is C22H25F2N3O. The van der Waals surface area contributed by atoms with Crippen LogP contribution in [-0.2, 0) is 4.79 Å². The first-order valence-electron chi connectivity index (χ1n) is 9.70. The van der Waals surface area contributed by atoms with Crippen LogP contribution in [0.5, 0.6) is 0 Å². The van der Waals surface area contributed by atoms with Gasteiger partial charge < -0.3 is 5.32 Å². The normalized spacial score (nSPS) is 12.3. The van der Waals surface area contributed by atoms with Crippen molar-refractivity contribution in [2.45, 2.75) is 46.5 Å². The number of halogens is 2. The highest BCUT2D eigenvalue weighted by molar-refractivity contribution is 5.96. The number of rotatable bonds is 7. The van der Waals surface area contributed by atoms with Gasteiger partial charge in [0.1, 0.15) is 17.2 Å². The number of carbonyl (C=O) groups excluding carboxylic acids is 1. The summed E-state index contributed by atoms with van der Waals surface area (Å²) in [5.41, 5.74) is 1.80. The van der Waals surface area contributed by atoms with Crippen LogP contribution < -0.4 is 5.32 Å². The Bertz CT molecular complexity index is 997. The van der Waals surface area contributed by atoms with Crippen LogP contribution in [0, 0.1) is 24.5 Å². The van der Waals surface area contributed by atoms with Gasteiger partial charge in [0.25, 0.3) is 0 Å². The zero-order valence-electron chi connectivity index (χ0n) is 16.4. The number of carbonyl (C=O) groups is 1. The molecule has 1 amide bonds. The van der Waals surface area contributed by atoms with E-state index in [0.717, 1.165) is 30.9 Å². The minimum atomic E-state index is -0.976. The first kappa shape index (κ1) is 20.0. The number of aryl methyl sites for hydroxylation is 1. The van der Waals surface area contributed by atoms with Gasteiger partial charge in [0.2, 0.25) is 5.91 Å². The molecule has 6 heteroatoms. The van der Waals surface area contributed by atoms with Crippen molar-refractivity contribution in [3.63, 3.8) is 0 Å². The van der Waals surface area contributed by atoms with Gasteiger partial charge in [0.15, 0.2) is 11.6 Å². The van der Waals surface area contributed by atoms with Crippen molar-refractivity contribution in [1.29, 1.82) is 0 Å². The van der Waals surface area contributed by atoms with Gasteiger partial charge in [-0.1, -0.05) is 32.8 Å². The molecule has 2 heterocycles. The molecule has 1 unspecified atom stereocenters. The lowest BCUT2D eigenvalue weighted by Gasteiger charge is -2.15. The molecular weight excluding hydrogens is 360 g/mol. The highest BCUT2D eigenvalue weighted by Crippen LogP contribution is 2.32. The molecule has 1 atom stereocenters. The number of amides is 1. The fourth-order valence-electron chi connectivity index (χ4n) is 3.33. The smallest absolute Gasteiger partial charge is 0.228 e. The number of unbranched alkanes of at least 4 members (excludes halogenated alkanes) is 1. The molecule has 28 heavy (non-hydrogen) atoms. The van der Waals surface area contributed by atoms with Gasteiger partial charge in [-0.15, -0.1) is 0 Å². The van der Waals surface area contributed by atoms with Crippen molar-refractivity contribution in [1.82, 2.24) is 9.38 Å². The summed E-state index contributed by atoms with van der Waals surface area (Å²) < 4.78 is 30.0. The summed E-state index contributed by atoms with van der Waals surface area (Å²) in [4.78, 5) is 17.4. The molecule has 0 radical (unpaired) electrons. The molecule has 2 aromatic heterocycles. The van der Waals surface area contributed by atoms with E-state index in [0.29, 0.717) is 17.9 Å². The first-order valence-corrected chi connectivity index (χ1v) is 9.70. The third kappa shape index (κ3) is 3.91. The van der Waals surface area contributed by atoms with Gasteiger partial charge >= 0.3 is 0 Å². The van der Waals surface area contributed by atoms with Crippen LogP contribution in [0.15, 0.2) is 36.5 Å². The lowest BCUT2D eigenvalue weighted by atomic mass is 9.98. The number of anilines is 1. The lowest BCUT2D eigenvalue weighted by molar-refractivity contribution is -0.120. The Morgan fingerprint density at radius 1 is 1.25 bits per heavy atom. The quantitative estimate of drug-likeness (QED) is 0.563. The van der Waals surface area contributed by atoms with Gasteiger partial charge in [-0.25, -0.2) is 13.8 Å². The predicted molar refractivity (Wildman–Crippen MR) is 107 cm³/mol. The number of nitrogens with one attached hydrogen (secondary N) is 1. The highest BCUT2D eigenvalue weighted by Gasteiger charge is 2.23. The van der Waals surface area contributed by atoms with Gasteiger partial charge in [0, 0.05) is 17.7 Å². The molecule has 1 aromatic carbocycles. The highest BCUT2D eigenvalue weighted by atomic mass is 19.2. The summed E-state index contributed by atoms with van der Waals surface area (Å²) in [6.07, 6.45) is 5.26. The summed E-state index contributed by atoms with van der Waals surface area (Å²) in [5, 5.41) is 2.93. The van der Waals surface area contributed by atoms with Crippen molar-refractivity contribution in [2.24, 2.45) is 5.92 Å². The van der Waals surface area contributed by atoms with Crippen molar-refractivity contribution < 1.29 is 13.6 Å². The van der Waals surface area contributed by atoms with Crippen LogP contribution in [0.25, 0.3) is 16.9 Å². The summed E-state index contributed by atoms with van der Waals surface area (Å²) >= 11 is 0. The Kier molecular flexibility index (Phi) is 6.07. The molecule has 0 bridgehead atoms. The monoisotopic (exact) mass is 385 g/mol. The molecule has 0 aliphatic carbocycles. The maximum Gasteiger partial charge on any atom is 0.228 e. The average Bonchev–Trinajstić information content (AvgIpc) is 3.01. The minimum absolute atomic E-state index is 0.0262. The number of imidazole rings is 1. The number of nitrogens with zero attached hydrogens (tertiary/aromatic N) is 2. The Balaban J connectivity index is 2.09. The van der Waals surface area contributed by atoms with Crippen LogP contribution in [0.4, 0.5) is 14.6 Å². The van der Waals surface area contributed by atoms with Crippen LogP contribution >= 0.6 is 0 Å². The van der Waals surface area contributed by atoms with E-state index in [-0.39, 0.29) is 23.1 Å². The number of aromatic nitrogens is 2. The Morgan fingerprint density at radius 3 is 2.75 bits per heavy atom. The van der Waals surface area contributed by atoms with Gasteiger partial charge in [-0.05, 0) is 49.6 Å². The van der Waals surface area contributed by atoms with E-state index >= 15 is 0 Å². The summed E-state index contributed by atoms with van der Waals surface area (Å²) in [6, 6.07) is 7.69. The summed E-state index contributed by atoms with van der Waals surface area (Å²) in [7, 11) is 0.